The summed E-state index contributed by atoms with van der Waals surface area (Å²) in [6, 6.07) is 0. The molecule has 0 unspecified atom stereocenters. The lowest BCUT2D eigenvalue weighted by atomic mass is 9.84. The fourth-order valence-corrected chi connectivity index (χ4v) is 5.28. The van der Waals surface area contributed by atoms with E-state index in [0.717, 1.165) is 51.1 Å². The van der Waals surface area contributed by atoms with Gasteiger partial charge in [0.05, 0.1) is 6.54 Å². The van der Waals surface area contributed by atoms with Gasteiger partial charge < -0.3 is 15.1 Å². The van der Waals surface area contributed by atoms with Gasteiger partial charge in [0, 0.05) is 44.8 Å². The van der Waals surface area contributed by atoms with Crippen molar-refractivity contribution >= 4 is 29.9 Å². The Kier molecular flexibility index (Phi) is 11.1. The first kappa shape index (κ1) is 26.1. The van der Waals surface area contributed by atoms with Crippen molar-refractivity contribution in [2.75, 3.05) is 79.0 Å². The molecule has 0 aromatic carbocycles. The molecule has 0 spiro atoms. The number of likely N-dealkylation sites (tertiary alicyclic amines) is 2. The van der Waals surface area contributed by atoms with Crippen LogP contribution in [0.5, 0.6) is 0 Å². The number of piperazine rings is 1. The molecule has 176 valence electrons. The van der Waals surface area contributed by atoms with Crippen molar-refractivity contribution in [3.8, 4) is 0 Å². The first-order chi connectivity index (χ1) is 14.0. The van der Waals surface area contributed by atoms with E-state index in [2.05, 4.69) is 52.7 Å². The molecule has 0 amide bonds. The molecule has 0 aliphatic carbocycles. The molecule has 1 N–H and O–H groups in total. The molecule has 0 aromatic heterocycles. The highest BCUT2D eigenvalue weighted by atomic mass is 127. The second-order valence-corrected chi connectivity index (χ2v) is 9.93. The minimum Gasteiger partial charge on any atom is -0.357 e. The number of rotatable bonds is 6. The molecule has 30 heavy (non-hydrogen) atoms. The lowest BCUT2D eigenvalue weighted by Gasteiger charge is -2.49. The zero-order valence-electron chi connectivity index (χ0n) is 20.0. The SMILES string of the molecule is CCNC(=NCC1(N2CCCCC2)CCN(C)CC1)N1CCN(CC(C)C)CC1.I. The minimum atomic E-state index is 0. The second-order valence-electron chi connectivity index (χ2n) is 9.93. The third kappa shape index (κ3) is 7.20. The second kappa shape index (κ2) is 12.8. The maximum absolute atomic E-state index is 5.27. The molecule has 0 aromatic rings. The van der Waals surface area contributed by atoms with Gasteiger partial charge in [-0.05, 0) is 71.8 Å². The van der Waals surface area contributed by atoms with E-state index in [-0.39, 0.29) is 29.5 Å². The lowest BCUT2D eigenvalue weighted by Crippen LogP contribution is -2.59. The van der Waals surface area contributed by atoms with Gasteiger partial charge in [-0.1, -0.05) is 20.3 Å². The molecule has 7 heteroatoms. The molecular weight excluding hydrogens is 487 g/mol. The Hall–Kier alpha value is -0.120. The topological polar surface area (TPSA) is 37.4 Å². The van der Waals surface area contributed by atoms with E-state index in [0.29, 0.717) is 0 Å². The van der Waals surface area contributed by atoms with Crippen LogP contribution < -0.4 is 5.32 Å². The molecule has 0 radical (unpaired) electrons. The number of halogens is 1. The van der Waals surface area contributed by atoms with Crippen LogP contribution >= 0.6 is 24.0 Å². The first-order valence-corrected chi connectivity index (χ1v) is 12.2. The molecule has 0 atom stereocenters. The van der Waals surface area contributed by atoms with Crippen molar-refractivity contribution < 1.29 is 0 Å². The Balaban J connectivity index is 0.00000320. The smallest absolute Gasteiger partial charge is 0.194 e. The Bertz CT molecular complexity index is 504. The van der Waals surface area contributed by atoms with Crippen molar-refractivity contribution in [2.24, 2.45) is 10.9 Å². The van der Waals surface area contributed by atoms with E-state index in [1.165, 1.54) is 64.8 Å². The van der Waals surface area contributed by atoms with Crippen LogP contribution in [0.25, 0.3) is 0 Å². The predicted molar refractivity (Wildman–Crippen MR) is 139 cm³/mol. The van der Waals surface area contributed by atoms with Crippen molar-refractivity contribution in [2.45, 2.75) is 58.4 Å². The highest BCUT2D eigenvalue weighted by Crippen LogP contribution is 2.31. The Morgan fingerprint density at radius 1 is 0.933 bits per heavy atom. The summed E-state index contributed by atoms with van der Waals surface area (Å²) in [4.78, 5) is 15.7. The van der Waals surface area contributed by atoms with Gasteiger partial charge in [0.1, 0.15) is 0 Å². The number of nitrogens with one attached hydrogen (secondary N) is 1. The van der Waals surface area contributed by atoms with Crippen LogP contribution in [0.1, 0.15) is 52.9 Å². The molecule has 0 saturated carbocycles. The van der Waals surface area contributed by atoms with Crippen LogP contribution in [-0.2, 0) is 0 Å². The molecule has 3 rings (SSSR count). The van der Waals surface area contributed by atoms with Gasteiger partial charge in [0.2, 0.25) is 0 Å². The average molecular weight is 535 g/mol. The highest BCUT2D eigenvalue weighted by molar-refractivity contribution is 14.0. The minimum absolute atomic E-state index is 0. The van der Waals surface area contributed by atoms with Gasteiger partial charge in [-0.25, -0.2) is 0 Å². The molecule has 6 nitrogen and oxygen atoms in total. The van der Waals surface area contributed by atoms with Crippen LogP contribution in [0.15, 0.2) is 4.99 Å². The highest BCUT2D eigenvalue weighted by Gasteiger charge is 2.39. The summed E-state index contributed by atoms with van der Waals surface area (Å²) in [7, 11) is 2.27. The fourth-order valence-electron chi connectivity index (χ4n) is 5.28. The Morgan fingerprint density at radius 2 is 1.57 bits per heavy atom. The standard InChI is InChI=1S/C23H46N6.HI/c1-5-24-22(28-17-15-27(16-18-28)19-21(2)3)25-20-23(9-13-26(4)14-10-23)29-11-7-6-8-12-29;/h21H,5-20H2,1-4H3,(H,24,25);1H. The summed E-state index contributed by atoms with van der Waals surface area (Å²) in [5.74, 6) is 1.89. The summed E-state index contributed by atoms with van der Waals surface area (Å²) in [5, 5.41) is 3.60. The number of hydrogen-bond acceptors (Lipinski definition) is 4. The molecule has 3 aliphatic heterocycles. The molecular formula is C23H47IN6. The summed E-state index contributed by atoms with van der Waals surface area (Å²) >= 11 is 0. The normalized spacial score (nSPS) is 24.7. The lowest BCUT2D eigenvalue weighted by molar-refractivity contribution is 0.0205. The van der Waals surface area contributed by atoms with Gasteiger partial charge in [0.15, 0.2) is 5.96 Å². The van der Waals surface area contributed by atoms with E-state index >= 15 is 0 Å². The quantitative estimate of drug-likeness (QED) is 0.323. The number of guanidine groups is 1. The number of piperidine rings is 2. The maximum atomic E-state index is 5.27. The molecule has 0 bridgehead atoms. The van der Waals surface area contributed by atoms with Gasteiger partial charge in [-0.3, -0.25) is 14.8 Å². The van der Waals surface area contributed by atoms with Crippen LogP contribution in [0, 0.1) is 5.92 Å². The van der Waals surface area contributed by atoms with Gasteiger partial charge in [0.25, 0.3) is 0 Å². The Morgan fingerprint density at radius 3 is 2.13 bits per heavy atom. The predicted octanol–water partition coefficient (Wildman–Crippen LogP) is 2.79. The number of nitrogens with zero attached hydrogens (tertiary/aromatic N) is 5. The van der Waals surface area contributed by atoms with Crippen molar-refractivity contribution in [3.63, 3.8) is 0 Å². The van der Waals surface area contributed by atoms with Gasteiger partial charge >= 0.3 is 0 Å². The zero-order chi connectivity index (χ0) is 20.7. The first-order valence-electron chi connectivity index (χ1n) is 12.2. The number of aliphatic imine (C=N–C) groups is 1. The molecule has 3 heterocycles. The van der Waals surface area contributed by atoms with Crippen LogP contribution in [0.2, 0.25) is 0 Å². The van der Waals surface area contributed by atoms with Gasteiger partial charge in [-0.15, -0.1) is 24.0 Å². The monoisotopic (exact) mass is 534 g/mol. The molecule has 3 saturated heterocycles. The summed E-state index contributed by atoms with van der Waals surface area (Å²) < 4.78 is 0. The average Bonchev–Trinajstić information content (AvgIpc) is 2.73. The van der Waals surface area contributed by atoms with E-state index in [1.807, 2.05) is 0 Å². The van der Waals surface area contributed by atoms with Crippen molar-refractivity contribution in [3.05, 3.63) is 0 Å². The van der Waals surface area contributed by atoms with Crippen molar-refractivity contribution in [1.82, 2.24) is 24.9 Å². The van der Waals surface area contributed by atoms with Crippen LogP contribution in [0.4, 0.5) is 0 Å². The molecule has 3 fully saturated rings. The largest absolute Gasteiger partial charge is 0.357 e. The van der Waals surface area contributed by atoms with Crippen LogP contribution in [-0.4, -0.2) is 110 Å². The Labute approximate surface area is 202 Å². The molecule has 3 aliphatic rings. The summed E-state index contributed by atoms with van der Waals surface area (Å²) in [6.45, 7) is 19.4. The van der Waals surface area contributed by atoms with E-state index in [4.69, 9.17) is 4.99 Å². The van der Waals surface area contributed by atoms with E-state index in [1.54, 1.807) is 0 Å². The van der Waals surface area contributed by atoms with E-state index in [9.17, 15) is 0 Å². The van der Waals surface area contributed by atoms with Gasteiger partial charge in [-0.2, -0.15) is 0 Å². The third-order valence-corrected chi connectivity index (χ3v) is 7.10. The zero-order valence-corrected chi connectivity index (χ0v) is 22.4. The maximum Gasteiger partial charge on any atom is 0.194 e. The van der Waals surface area contributed by atoms with E-state index < -0.39 is 0 Å². The number of hydrogen-bond donors (Lipinski definition) is 1. The fraction of sp³-hybridized carbons (Fsp3) is 0.957. The van der Waals surface area contributed by atoms with Crippen molar-refractivity contribution in [1.29, 1.82) is 0 Å². The third-order valence-electron chi connectivity index (χ3n) is 7.10. The van der Waals surface area contributed by atoms with Crippen LogP contribution in [0.3, 0.4) is 0 Å². The summed E-state index contributed by atoms with van der Waals surface area (Å²) in [5.41, 5.74) is 0.271. The summed E-state index contributed by atoms with van der Waals surface area (Å²) in [6.07, 6.45) is 6.64.